The maximum absolute atomic E-state index is 11.3. The molecule has 0 bridgehead atoms. The lowest BCUT2D eigenvalue weighted by Gasteiger charge is -2.31. The number of aliphatic hydroxyl groups is 1. The molecule has 86 valence electrons. The number of hydrogen-bond donors (Lipinski definition) is 1. The molecule has 0 unspecified atom stereocenters. The van der Waals surface area contributed by atoms with Crippen molar-refractivity contribution in [1.82, 2.24) is 4.90 Å². The number of likely N-dealkylation sites (tertiary alicyclic amines) is 1. The molecule has 0 saturated carbocycles. The number of ether oxygens (including phenoxy) is 1. The second-order valence-corrected chi connectivity index (χ2v) is 4.13. The van der Waals surface area contributed by atoms with Gasteiger partial charge in [-0.1, -0.05) is 5.57 Å². The van der Waals surface area contributed by atoms with E-state index in [0.717, 1.165) is 32.4 Å². The summed E-state index contributed by atoms with van der Waals surface area (Å²) in [5.41, 5.74) is 1.20. The SMILES string of the molecule is C=C(C)CC1CCN(C(=O)OCO)CC1. The van der Waals surface area contributed by atoms with Gasteiger partial charge in [0.25, 0.3) is 0 Å². The van der Waals surface area contributed by atoms with Gasteiger partial charge in [0.05, 0.1) is 0 Å². The molecule has 1 heterocycles. The van der Waals surface area contributed by atoms with E-state index >= 15 is 0 Å². The standard InChI is InChI=1S/C11H19NO3/c1-9(2)7-10-3-5-12(6-4-10)11(14)15-8-13/h10,13H,1,3-8H2,2H3. The van der Waals surface area contributed by atoms with Gasteiger partial charge in [0, 0.05) is 13.1 Å². The summed E-state index contributed by atoms with van der Waals surface area (Å²) >= 11 is 0. The van der Waals surface area contributed by atoms with Gasteiger partial charge in [-0.25, -0.2) is 4.79 Å². The quantitative estimate of drug-likeness (QED) is 0.574. The van der Waals surface area contributed by atoms with Gasteiger partial charge in [-0.2, -0.15) is 0 Å². The number of piperidine rings is 1. The first-order chi connectivity index (χ1) is 7.13. The Morgan fingerprint density at radius 1 is 1.53 bits per heavy atom. The van der Waals surface area contributed by atoms with Crippen molar-refractivity contribution in [3.63, 3.8) is 0 Å². The summed E-state index contributed by atoms with van der Waals surface area (Å²) in [7, 11) is 0. The van der Waals surface area contributed by atoms with E-state index in [4.69, 9.17) is 5.11 Å². The third-order valence-corrected chi connectivity index (χ3v) is 2.70. The summed E-state index contributed by atoms with van der Waals surface area (Å²) in [5.74, 6) is 0.640. The van der Waals surface area contributed by atoms with Gasteiger partial charge in [-0.3, -0.25) is 0 Å². The summed E-state index contributed by atoms with van der Waals surface area (Å²) in [6, 6.07) is 0. The van der Waals surface area contributed by atoms with Crippen LogP contribution in [0.1, 0.15) is 26.2 Å². The average molecular weight is 213 g/mol. The fraction of sp³-hybridized carbons (Fsp3) is 0.727. The lowest BCUT2D eigenvalue weighted by molar-refractivity contribution is 0.0167. The van der Waals surface area contributed by atoms with Gasteiger partial charge in [0.15, 0.2) is 6.79 Å². The number of carbonyl (C=O) groups is 1. The molecule has 0 aromatic carbocycles. The molecule has 0 radical (unpaired) electrons. The molecule has 0 aromatic heterocycles. The molecular weight excluding hydrogens is 194 g/mol. The second-order valence-electron chi connectivity index (χ2n) is 4.13. The smallest absolute Gasteiger partial charge is 0.411 e. The number of aliphatic hydroxyl groups excluding tert-OH is 1. The zero-order chi connectivity index (χ0) is 11.3. The highest BCUT2D eigenvalue weighted by Gasteiger charge is 2.23. The van der Waals surface area contributed by atoms with Gasteiger partial charge < -0.3 is 14.7 Å². The van der Waals surface area contributed by atoms with Crippen molar-refractivity contribution >= 4 is 6.09 Å². The maximum Gasteiger partial charge on any atom is 0.411 e. The Morgan fingerprint density at radius 3 is 2.60 bits per heavy atom. The van der Waals surface area contributed by atoms with E-state index in [0.29, 0.717) is 5.92 Å². The number of amides is 1. The second kappa shape index (κ2) is 5.75. The predicted molar refractivity (Wildman–Crippen MR) is 57.3 cm³/mol. The van der Waals surface area contributed by atoms with Crippen LogP contribution in [-0.2, 0) is 4.74 Å². The van der Waals surface area contributed by atoms with Crippen LogP contribution in [0.3, 0.4) is 0 Å². The van der Waals surface area contributed by atoms with Crippen molar-refractivity contribution in [1.29, 1.82) is 0 Å². The van der Waals surface area contributed by atoms with Crippen LogP contribution in [0, 0.1) is 5.92 Å². The van der Waals surface area contributed by atoms with Crippen molar-refractivity contribution < 1.29 is 14.6 Å². The Hall–Kier alpha value is -1.03. The highest BCUT2D eigenvalue weighted by atomic mass is 16.6. The molecule has 15 heavy (non-hydrogen) atoms. The summed E-state index contributed by atoms with van der Waals surface area (Å²) in [6.45, 7) is 6.83. The highest BCUT2D eigenvalue weighted by molar-refractivity contribution is 5.67. The number of nitrogens with zero attached hydrogens (tertiary/aromatic N) is 1. The van der Waals surface area contributed by atoms with Crippen LogP contribution in [0.5, 0.6) is 0 Å². The van der Waals surface area contributed by atoms with E-state index in [1.165, 1.54) is 5.57 Å². The lowest BCUT2D eigenvalue weighted by atomic mass is 9.91. The molecule has 1 fully saturated rings. The van der Waals surface area contributed by atoms with E-state index in [1.807, 2.05) is 6.92 Å². The van der Waals surface area contributed by atoms with Crippen LogP contribution in [0.15, 0.2) is 12.2 Å². The Labute approximate surface area is 90.5 Å². The fourth-order valence-corrected chi connectivity index (χ4v) is 1.96. The third kappa shape index (κ3) is 3.91. The third-order valence-electron chi connectivity index (χ3n) is 2.70. The van der Waals surface area contributed by atoms with E-state index in [1.54, 1.807) is 4.90 Å². The van der Waals surface area contributed by atoms with Crippen LogP contribution in [0.25, 0.3) is 0 Å². The highest BCUT2D eigenvalue weighted by Crippen LogP contribution is 2.23. The van der Waals surface area contributed by atoms with Crippen LogP contribution in [-0.4, -0.2) is 36.0 Å². The van der Waals surface area contributed by atoms with Gasteiger partial charge in [-0.05, 0) is 32.1 Å². The predicted octanol–water partition coefficient (Wildman–Crippen LogP) is 1.75. The Bertz CT molecular complexity index is 232. The largest absolute Gasteiger partial charge is 0.422 e. The summed E-state index contributed by atoms with van der Waals surface area (Å²) in [6.07, 6.45) is 2.62. The monoisotopic (exact) mass is 213 g/mol. The van der Waals surface area contributed by atoms with Crippen molar-refractivity contribution in [3.05, 3.63) is 12.2 Å². The van der Waals surface area contributed by atoms with Crippen LogP contribution < -0.4 is 0 Å². The maximum atomic E-state index is 11.3. The molecule has 0 aromatic rings. The van der Waals surface area contributed by atoms with Crippen molar-refractivity contribution in [2.24, 2.45) is 5.92 Å². The number of allylic oxidation sites excluding steroid dienone is 1. The first-order valence-corrected chi connectivity index (χ1v) is 5.30. The van der Waals surface area contributed by atoms with Crippen molar-refractivity contribution in [3.8, 4) is 0 Å². The lowest BCUT2D eigenvalue weighted by Crippen LogP contribution is -2.38. The Morgan fingerprint density at radius 2 is 2.13 bits per heavy atom. The molecule has 1 saturated heterocycles. The summed E-state index contributed by atoms with van der Waals surface area (Å²) < 4.78 is 4.52. The van der Waals surface area contributed by atoms with E-state index in [9.17, 15) is 4.79 Å². The normalized spacial score (nSPS) is 17.6. The van der Waals surface area contributed by atoms with E-state index < -0.39 is 12.9 Å². The fourth-order valence-electron chi connectivity index (χ4n) is 1.96. The Balaban J connectivity index is 2.29. The Kier molecular flexibility index (Phi) is 4.62. The molecule has 0 aliphatic carbocycles. The molecule has 4 heteroatoms. The number of rotatable bonds is 3. The molecule has 0 atom stereocenters. The van der Waals surface area contributed by atoms with Crippen LogP contribution in [0.4, 0.5) is 4.79 Å². The van der Waals surface area contributed by atoms with Gasteiger partial charge in [0.2, 0.25) is 0 Å². The molecular formula is C11H19NO3. The van der Waals surface area contributed by atoms with E-state index in [-0.39, 0.29) is 0 Å². The molecule has 1 aliphatic heterocycles. The zero-order valence-electron chi connectivity index (χ0n) is 9.24. The van der Waals surface area contributed by atoms with E-state index in [2.05, 4.69) is 11.3 Å². The van der Waals surface area contributed by atoms with Gasteiger partial charge in [-0.15, -0.1) is 6.58 Å². The first kappa shape index (κ1) is 12.0. The van der Waals surface area contributed by atoms with Crippen molar-refractivity contribution in [2.45, 2.75) is 26.2 Å². The molecule has 1 rings (SSSR count). The van der Waals surface area contributed by atoms with Gasteiger partial charge >= 0.3 is 6.09 Å². The summed E-state index contributed by atoms with van der Waals surface area (Å²) in [5, 5.41) is 8.46. The molecule has 0 spiro atoms. The molecule has 1 amide bonds. The molecule has 4 nitrogen and oxygen atoms in total. The minimum atomic E-state index is -0.537. The topological polar surface area (TPSA) is 49.8 Å². The average Bonchev–Trinajstić information content (AvgIpc) is 2.18. The summed E-state index contributed by atoms with van der Waals surface area (Å²) in [4.78, 5) is 12.9. The van der Waals surface area contributed by atoms with Crippen LogP contribution >= 0.6 is 0 Å². The van der Waals surface area contributed by atoms with Crippen molar-refractivity contribution in [2.75, 3.05) is 19.9 Å². The van der Waals surface area contributed by atoms with Crippen LogP contribution in [0.2, 0.25) is 0 Å². The minimum absolute atomic E-state index is 0.411. The number of carbonyl (C=O) groups excluding carboxylic acids is 1. The molecule has 1 N–H and O–H groups in total. The minimum Gasteiger partial charge on any atom is -0.422 e. The van der Waals surface area contributed by atoms with Gasteiger partial charge in [0.1, 0.15) is 0 Å². The zero-order valence-corrected chi connectivity index (χ0v) is 9.24. The number of hydrogen-bond acceptors (Lipinski definition) is 3. The molecule has 1 aliphatic rings. The first-order valence-electron chi connectivity index (χ1n) is 5.30.